The van der Waals surface area contributed by atoms with Crippen molar-refractivity contribution in [1.29, 1.82) is 0 Å². The van der Waals surface area contributed by atoms with Gasteiger partial charge in [-0.25, -0.2) is 4.39 Å². The Balaban J connectivity index is 1.99. The average Bonchev–Trinajstić information content (AvgIpc) is 2.34. The van der Waals surface area contributed by atoms with E-state index >= 15 is 0 Å². The Morgan fingerprint density at radius 2 is 2.41 bits per heavy atom. The van der Waals surface area contributed by atoms with E-state index in [-0.39, 0.29) is 18.0 Å². The van der Waals surface area contributed by atoms with Crippen molar-refractivity contribution in [3.8, 4) is 0 Å². The number of nitrogens with two attached hydrogens (primary N) is 1. The van der Waals surface area contributed by atoms with Crippen LogP contribution in [0.4, 0.5) is 4.39 Å². The first-order valence-corrected chi connectivity index (χ1v) is 7.50. The molecule has 94 valence electrons. The van der Waals surface area contributed by atoms with E-state index in [9.17, 15) is 4.39 Å². The maximum Gasteiger partial charge on any atom is 0.127 e. The minimum absolute atomic E-state index is 0.0387. The molecule has 17 heavy (non-hydrogen) atoms. The van der Waals surface area contributed by atoms with Gasteiger partial charge in [0.25, 0.3) is 0 Å². The quantitative estimate of drug-likeness (QED) is 0.930. The Kier molecular flexibility index (Phi) is 4.85. The highest BCUT2D eigenvalue weighted by atomic mass is 79.9. The van der Waals surface area contributed by atoms with Gasteiger partial charge in [0.05, 0.1) is 12.7 Å². The molecular formula is C12H15BrFNOS. The summed E-state index contributed by atoms with van der Waals surface area (Å²) in [6.45, 7) is 0.742. The summed E-state index contributed by atoms with van der Waals surface area (Å²) < 4.78 is 20.0. The van der Waals surface area contributed by atoms with Crippen molar-refractivity contribution in [2.75, 3.05) is 18.1 Å². The van der Waals surface area contributed by atoms with Gasteiger partial charge in [0.15, 0.2) is 0 Å². The molecule has 2 unspecified atom stereocenters. The van der Waals surface area contributed by atoms with Crippen LogP contribution in [0.15, 0.2) is 22.7 Å². The molecule has 2 N–H and O–H groups in total. The number of halogens is 2. The molecule has 0 bridgehead atoms. The lowest BCUT2D eigenvalue weighted by Crippen LogP contribution is -2.42. The maximum absolute atomic E-state index is 13.6. The first kappa shape index (κ1) is 13.3. The zero-order chi connectivity index (χ0) is 12.3. The maximum atomic E-state index is 13.6. The highest BCUT2D eigenvalue weighted by Crippen LogP contribution is 2.20. The lowest BCUT2D eigenvalue weighted by molar-refractivity contribution is 0.0570. The summed E-state index contributed by atoms with van der Waals surface area (Å²) in [5.74, 6) is 1.72. The fourth-order valence-corrected chi connectivity index (χ4v) is 3.12. The summed E-state index contributed by atoms with van der Waals surface area (Å²) in [6.07, 6.45) is 0.557. The monoisotopic (exact) mass is 319 g/mol. The normalized spacial score (nSPS) is 22.4. The number of benzene rings is 1. The Morgan fingerprint density at radius 3 is 3.06 bits per heavy atom. The van der Waals surface area contributed by atoms with Crippen LogP contribution in [-0.2, 0) is 11.2 Å². The van der Waals surface area contributed by atoms with Crippen molar-refractivity contribution in [2.24, 2.45) is 5.73 Å². The van der Waals surface area contributed by atoms with Gasteiger partial charge in [0.1, 0.15) is 5.82 Å². The third-order valence-electron chi connectivity index (χ3n) is 2.79. The zero-order valence-electron chi connectivity index (χ0n) is 9.36. The third-order valence-corrected chi connectivity index (χ3v) is 4.30. The molecule has 1 aliphatic heterocycles. The molecule has 1 heterocycles. The Bertz CT molecular complexity index is 385. The summed E-state index contributed by atoms with van der Waals surface area (Å²) in [4.78, 5) is 0. The van der Waals surface area contributed by atoms with E-state index in [0.717, 1.165) is 22.6 Å². The van der Waals surface area contributed by atoms with Crippen LogP contribution in [0.5, 0.6) is 0 Å². The predicted octanol–water partition coefficient (Wildman–Crippen LogP) is 2.59. The number of ether oxygens (including phenoxy) is 1. The predicted molar refractivity (Wildman–Crippen MR) is 72.8 cm³/mol. The summed E-state index contributed by atoms with van der Waals surface area (Å²) in [6, 6.07) is 4.94. The lowest BCUT2D eigenvalue weighted by Gasteiger charge is -2.27. The molecule has 2 atom stereocenters. The molecule has 0 saturated carbocycles. The SMILES string of the molecule is NC(Cc1ccc(Br)cc1F)C1CSCCO1. The van der Waals surface area contributed by atoms with E-state index < -0.39 is 0 Å². The van der Waals surface area contributed by atoms with Crippen molar-refractivity contribution in [3.05, 3.63) is 34.1 Å². The highest BCUT2D eigenvalue weighted by molar-refractivity contribution is 9.10. The van der Waals surface area contributed by atoms with Gasteiger partial charge in [-0.2, -0.15) is 11.8 Å². The highest BCUT2D eigenvalue weighted by Gasteiger charge is 2.22. The summed E-state index contributed by atoms with van der Waals surface area (Å²) in [5, 5.41) is 0. The van der Waals surface area contributed by atoms with Crippen molar-refractivity contribution in [3.63, 3.8) is 0 Å². The van der Waals surface area contributed by atoms with Crippen LogP contribution >= 0.6 is 27.7 Å². The van der Waals surface area contributed by atoms with Crippen LogP contribution in [0.2, 0.25) is 0 Å². The van der Waals surface area contributed by atoms with E-state index in [4.69, 9.17) is 10.5 Å². The van der Waals surface area contributed by atoms with Crippen LogP contribution in [-0.4, -0.2) is 30.3 Å². The summed E-state index contributed by atoms with van der Waals surface area (Å²) in [5.41, 5.74) is 6.72. The van der Waals surface area contributed by atoms with Crippen LogP contribution in [0.1, 0.15) is 5.56 Å². The molecule has 2 rings (SSSR count). The van der Waals surface area contributed by atoms with Crippen LogP contribution < -0.4 is 5.73 Å². The van der Waals surface area contributed by atoms with E-state index in [0.29, 0.717) is 12.0 Å². The average molecular weight is 320 g/mol. The van der Waals surface area contributed by atoms with Crippen molar-refractivity contribution >= 4 is 27.7 Å². The molecule has 0 aromatic heterocycles. The molecule has 0 radical (unpaired) electrons. The molecule has 1 aromatic carbocycles. The van der Waals surface area contributed by atoms with Gasteiger partial charge < -0.3 is 10.5 Å². The minimum atomic E-state index is -0.210. The van der Waals surface area contributed by atoms with Gasteiger partial charge in [-0.3, -0.25) is 0 Å². The van der Waals surface area contributed by atoms with E-state index in [2.05, 4.69) is 15.9 Å². The van der Waals surface area contributed by atoms with Gasteiger partial charge in [0.2, 0.25) is 0 Å². The standard InChI is InChI=1S/C12H15BrFNOS/c13-9-2-1-8(10(14)6-9)5-11(15)12-7-17-4-3-16-12/h1-2,6,11-12H,3-5,7,15H2. The summed E-state index contributed by atoms with van der Waals surface area (Å²) in [7, 11) is 0. The molecule has 1 aliphatic rings. The van der Waals surface area contributed by atoms with Gasteiger partial charge in [-0.05, 0) is 24.1 Å². The fourth-order valence-electron chi connectivity index (χ4n) is 1.83. The number of hydrogen-bond acceptors (Lipinski definition) is 3. The smallest absolute Gasteiger partial charge is 0.127 e. The molecule has 2 nitrogen and oxygen atoms in total. The van der Waals surface area contributed by atoms with E-state index in [1.165, 1.54) is 6.07 Å². The van der Waals surface area contributed by atoms with Gasteiger partial charge in [-0.15, -0.1) is 0 Å². The largest absolute Gasteiger partial charge is 0.375 e. The second-order valence-corrected chi connectivity index (χ2v) is 6.15. The van der Waals surface area contributed by atoms with E-state index in [1.807, 2.05) is 17.8 Å². The summed E-state index contributed by atoms with van der Waals surface area (Å²) >= 11 is 5.08. The molecule has 1 saturated heterocycles. The number of hydrogen-bond donors (Lipinski definition) is 1. The fraction of sp³-hybridized carbons (Fsp3) is 0.500. The molecular weight excluding hydrogens is 305 g/mol. The Morgan fingerprint density at radius 1 is 1.59 bits per heavy atom. The van der Waals surface area contributed by atoms with Crippen LogP contribution in [0.3, 0.4) is 0 Å². The Hall–Kier alpha value is -0.100. The number of rotatable bonds is 3. The Labute approximate surface area is 113 Å². The minimum Gasteiger partial charge on any atom is -0.375 e. The van der Waals surface area contributed by atoms with Gasteiger partial charge in [0, 0.05) is 22.0 Å². The lowest BCUT2D eigenvalue weighted by atomic mass is 10.0. The first-order chi connectivity index (χ1) is 8.16. The second-order valence-electron chi connectivity index (χ2n) is 4.09. The third kappa shape index (κ3) is 3.68. The molecule has 5 heteroatoms. The topological polar surface area (TPSA) is 35.2 Å². The van der Waals surface area contributed by atoms with Crippen molar-refractivity contribution < 1.29 is 9.13 Å². The second kappa shape index (κ2) is 6.18. The molecule has 0 amide bonds. The molecule has 0 aliphatic carbocycles. The molecule has 1 aromatic rings. The molecule has 1 fully saturated rings. The van der Waals surface area contributed by atoms with Crippen molar-refractivity contribution in [1.82, 2.24) is 0 Å². The zero-order valence-corrected chi connectivity index (χ0v) is 11.8. The number of thioether (sulfide) groups is 1. The van der Waals surface area contributed by atoms with Crippen LogP contribution in [0.25, 0.3) is 0 Å². The van der Waals surface area contributed by atoms with Gasteiger partial charge in [-0.1, -0.05) is 22.0 Å². The molecule has 0 spiro atoms. The van der Waals surface area contributed by atoms with Crippen molar-refractivity contribution in [2.45, 2.75) is 18.6 Å². The van der Waals surface area contributed by atoms with Gasteiger partial charge >= 0.3 is 0 Å². The van der Waals surface area contributed by atoms with Crippen LogP contribution in [0, 0.1) is 5.82 Å². The van der Waals surface area contributed by atoms with E-state index in [1.54, 1.807) is 6.07 Å². The first-order valence-electron chi connectivity index (χ1n) is 5.55.